The van der Waals surface area contributed by atoms with Crippen LogP contribution in [0, 0.1) is 0 Å². The molecule has 4 nitrogen and oxygen atoms in total. The van der Waals surface area contributed by atoms with E-state index >= 15 is 0 Å². The van der Waals surface area contributed by atoms with Crippen LogP contribution in [0.5, 0.6) is 5.75 Å². The average Bonchev–Trinajstić information content (AvgIpc) is 2.51. The van der Waals surface area contributed by atoms with Gasteiger partial charge in [-0.2, -0.15) is 0 Å². The van der Waals surface area contributed by atoms with Gasteiger partial charge in [0.1, 0.15) is 12.4 Å². The van der Waals surface area contributed by atoms with Gasteiger partial charge in [0.05, 0.1) is 13.2 Å². The molecular weight excluding hydrogens is 288 g/mol. The van der Waals surface area contributed by atoms with Crippen LogP contribution < -0.4 is 10.5 Å². The van der Waals surface area contributed by atoms with Gasteiger partial charge >= 0.3 is 0 Å². The van der Waals surface area contributed by atoms with Crippen molar-refractivity contribution in [1.82, 2.24) is 4.90 Å². The first kappa shape index (κ1) is 15.9. The number of morpholine rings is 1. The maximum atomic E-state index is 5.99. The van der Waals surface area contributed by atoms with E-state index in [1.54, 1.807) is 0 Å². The molecule has 0 saturated carbocycles. The zero-order chi connectivity index (χ0) is 13.8. The van der Waals surface area contributed by atoms with E-state index in [1.807, 2.05) is 30.3 Å². The zero-order valence-corrected chi connectivity index (χ0v) is 12.8. The number of hydrogen-bond donors (Lipinski definition) is 1. The standard InChI is InChI=1S/C16H20N2O2.ClH/c17-15-5-6-16(14-4-2-1-3-13(14)15)20-12-9-18-7-10-19-11-8-18;/h1-6H,7-12,17H2;1H. The molecule has 0 amide bonds. The summed E-state index contributed by atoms with van der Waals surface area (Å²) < 4.78 is 11.3. The van der Waals surface area contributed by atoms with Gasteiger partial charge < -0.3 is 15.2 Å². The van der Waals surface area contributed by atoms with Gasteiger partial charge in [-0.15, -0.1) is 12.4 Å². The summed E-state index contributed by atoms with van der Waals surface area (Å²) >= 11 is 0. The minimum Gasteiger partial charge on any atom is -0.492 e. The number of hydrogen-bond acceptors (Lipinski definition) is 4. The Labute approximate surface area is 131 Å². The van der Waals surface area contributed by atoms with Gasteiger partial charge in [-0.05, 0) is 12.1 Å². The molecule has 1 fully saturated rings. The summed E-state index contributed by atoms with van der Waals surface area (Å²) in [6, 6.07) is 11.9. The summed E-state index contributed by atoms with van der Waals surface area (Å²) in [6.45, 7) is 5.25. The fourth-order valence-electron chi connectivity index (χ4n) is 2.53. The molecule has 2 aromatic rings. The fourth-order valence-corrected chi connectivity index (χ4v) is 2.53. The first-order chi connectivity index (χ1) is 9.84. The van der Waals surface area contributed by atoms with Crippen molar-refractivity contribution >= 4 is 28.9 Å². The molecule has 1 heterocycles. The third kappa shape index (κ3) is 3.79. The van der Waals surface area contributed by atoms with Crippen molar-refractivity contribution < 1.29 is 9.47 Å². The molecule has 0 spiro atoms. The molecule has 114 valence electrons. The lowest BCUT2D eigenvalue weighted by Crippen LogP contribution is -2.38. The lowest BCUT2D eigenvalue weighted by atomic mass is 10.1. The normalized spacial score (nSPS) is 15.6. The first-order valence-electron chi connectivity index (χ1n) is 7.05. The number of nitrogen functional groups attached to an aromatic ring is 1. The van der Waals surface area contributed by atoms with E-state index in [0.29, 0.717) is 6.61 Å². The predicted molar refractivity (Wildman–Crippen MR) is 88.4 cm³/mol. The number of halogens is 1. The van der Waals surface area contributed by atoms with Crippen LogP contribution in [0.2, 0.25) is 0 Å². The molecule has 0 unspecified atom stereocenters. The molecule has 5 heteroatoms. The van der Waals surface area contributed by atoms with Crippen LogP contribution in [0.15, 0.2) is 36.4 Å². The Morgan fingerprint density at radius 1 is 1.05 bits per heavy atom. The van der Waals surface area contributed by atoms with Gasteiger partial charge in [0.25, 0.3) is 0 Å². The number of rotatable bonds is 4. The van der Waals surface area contributed by atoms with Crippen LogP contribution in [0.3, 0.4) is 0 Å². The van der Waals surface area contributed by atoms with Crippen molar-refractivity contribution in [3.8, 4) is 5.75 Å². The predicted octanol–water partition coefficient (Wildman–Crippen LogP) is 2.55. The van der Waals surface area contributed by atoms with E-state index in [9.17, 15) is 0 Å². The van der Waals surface area contributed by atoms with Crippen LogP contribution in [0.25, 0.3) is 10.8 Å². The number of anilines is 1. The van der Waals surface area contributed by atoms with E-state index in [-0.39, 0.29) is 12.4 Å². The van der Waals surface area contributed by atoms with Gasteiger partial charge in [0.15, 0.2) is 0 Å². The molecule has 0 atom stereocenters. The summed E-state index contributed by atoms with van der Waals surface area (Å²) in [4.78, 5) is 2.36. The minimum absolute atomic E-state index is 0. The van der Waals surface area contributed by atoms with Crippen LogP contribution in [-0.2, 0) is 4.74 Å². The molecule has 1 saturated heterocycles. The molecule has 3 rings (SSSR count). The lowest BCUT2D eigenvalue weighted by molar-refractivity contribution is 0.0323. The Bertz CT molecular complexity index is 585. The lowest BCUT2D eigenvalue weighted by Gasteiger charge is -2.26. The highest BCUT2D eigenvalue weighted by molar-refractivity contribution is 5.96. The second kappa shape index (κ2) is 7.50. The maximum absolute atomic E-state index is 5.99. The van der Waals surface area contributed by atoms with E-state index in [4.69, 9.17) is 15.2 Å². The molecule has 21 heavy (non-hydrogen) atoms. The molecule has 1 aliphatic heterocycles. The fraction of sp³-hybridized carbons (Fsp3) is 0.375. The number of fused-ring (bicyclic) bond motifs is 1. The Morgan fingerprint density at radius 2 is 1.76 bits per heavy atom. The highest BCUT2D eigenvalue weighted by Gasteiger charge is 2.10. The van der Waals surface area contributed by atoms with Crippen molar-refractivity contribution in [2.24, 2.45) is 0 Å². The van der Waals surface area contributed by atoms with Crippen molar-refractivity contribution in [3.05, 3.63) is 36.4 Å². The summed E-state index contributed by atoms with van der Waals surface area (Å²) in [5, 5.41) is 2.13. The molecule has 0 bridgehead atoms. The van der Waals surface area contributed by atoms with Gasteiger partial charge in [0.2, 0.25) is 0 Å². The van der Waals surface area contributed by atoms with Crippen LogP contribution in [-0.4, -0.2) is 44.4 Å². The SMILES string of the molecule is Cl.Nc1ccc(OCCN2CCOCC2)c2ccccc12. The summed E-state index contributed by atoms with van der Waals surface area (Å²) in [5.74, 6) is 0.906. The second-order valence-electron chi connectivity index (χ2n) is 5.00. The smallest absolute Gasteiger partial charge is 0.127 e. The van der Waals surface area contributed by atoms with Gasteiger partial charge in [-0.25, -0.2) is 0 Å². The third-order valence-electron chi connectivity index (χ3n) is 3.69. The highest BCUT2D eigenvalue weighted by Crippen LogP contribution is 2.29. The van der Waals surface area contributed by atoms with Gasteiger partial charge in [0, 0.05) is 36.1 Å². The average molecular weight is 309 g/mol. The number of benzene rings is 2. The minimum atomic E-state index is 0. The van der Waals surface area contributed by atoms with Crippen molar-refractivity contribution in [2.45, 2.75) is 0 Å². The summed E-state index contributed by atoms with van der Waals surface area (Å²) in [6.07, 6.45) is 0. The topological polar surface area (TPSA) is 47.7 Å². The van der Waals surface area contributed by atoms with Crippen LogP contribution in [0.4, 0.5) is 5.69 Å². The molecule has 0 aliphatic carbocycles. The van der Waals surface area contributed by atoms with E-state index in [0.717, 1.165) is 55.1 Å². The molecule has 1 aliphatic rings. The molecule has 2 aromatic carbocycles. The molecule has 0 aromatic heterocycles. The quantitative estimate of drug-likeness (QED) is 0.882. The number of nitrogens with two attached hydrogens (primary N) is 1. The van der Waals surface area contributed by atoms with Gasteiger partial charge in [-0.1, -0.05) is 24.3 Å². The highest BCUT2D eigenvalue weighted by atomic mass is 35.5. The Balaban J connectivity index is 0.00000161. The van der Waals surface area contributed by atoms with Crippen molar-refractivity contribution in [1.29, 1.82) is 0 Å². The first-order valence-corrected chi connectivity index (χ1v) is 7.05. The van der Waals surface area contributed by atoms with Crippen LogP contribution in [0.1, 0.15) is 0 Å². The molecule has 0 radical (unpaired) electrons. The number of nitrogens with zero attached hydrogens (tertiary/aromatic N) is 1. The monoisotopic (exact) mass is 308 g/mol. The van der Waals surface area contributed by atoms with Crippen LogP contribution >= 0.6 is 12.4 Å². The Kier molecular flexibility index (Phi) is 5.67. The maximum Gasteiger partial charge on any atom is 0.127 e. The second-order valence-corrected chi connectivity index (χ2v) is 5.00. The van der Waals surface area contributed by atoms with Gasteiger partial charge in [-0.3, -0.25) is 4.90 Å². The van der Waals surface area contributed by atoms with E-state index < -0.39 is 0 Å². The molecule has 2 N–H and O–H groups in total. The summed E-state index contributed by atoms with van der Waals surface area (Å²) in [5.41, 5.74) is 6.79. The molecular formula is C16H21ClN2O2. The summed E-state index contributed by atoms with van der Waals surface area (Å²) in [7, 11) is 0. The van der Waals surface area contributed by atoms with Crippen molar-refractivity contribution in [2.75, 3.05) is 45.2 Å². The van der Waals surface area contributed by atoms with E-state index in [2.05, 4.69) is 11.0 Å². The largest absolute Gasteiger partial charge is 0.492 e. The number of ether oxygens (including phenoxy) is 2. The van der Waals surface area contributed by atoms with Crippen molar-refractivity contribution in [3.63, 3.8) is 0 Å². The third-order valence-corrected chi connectivity index (χ3v) is 3.69. The Morgan fingerprint density at radius 3 is 2.52 bits per heavy atom. The van der Waals surface area contributed by atoms with E-state index in [1.165, 1.54) is 0 Å². The zero-order valence-electron chi connectivity index (χ0n) is 12.0. The Hall–Kier alpha value is -1.49.